The van der Waals surface area contributed by atoms with Gasteiger partial charge in [-0.2, -0.15) is 5.21 Å². The Morgan fingerprint density at radius 1 is 1.07 bits per heavy atom. The van der Waals surface area contributed by atoms with E-state index >= 15 is 0 Å². The van der Waals surface area contributed by atoms with Gasteiger partial charge in [0.25, 0.3) is 5.91 Å². The van der Waals surface area contributed by atoms with Gasteiger partial charge in [0.1, 0.15) is 11.4 Å². The van der Waals surface area contributed by atoms with E-state index in [4.69, 9.17) is 28.2 Å². The van der Waals surface area contributed by atoms with Crippen molar-refractivity contribution in [2.75, 3.05) is 0 Å². The zero-order chi connectivity index (χ0) is 29.2. The van der Waals surface area contributed by atoms with Crippen molar-refractivity contribution in [1.29, 1.82) is 0 Å². The minimum absolute atomic E-state index is 0.0260. The van der Waals surface area contributed by atoms with E-state index < -0.39 is 5.66 Å². The molecule has 10 heteroatoms. The first-order chi connectivity index (χ1) is 19.6. The highest BCUT2D eigenvalue weighted by molar-refractivity contribution is 6.48. The molecule has 2 N–H and O–H groups in total. The van der Waals surface area contributed by atoms with Crippen LogP contribution in [0.25, 0.3) is 0 Å². The molecule has 1 unspecified atom stereocenters. The number of hydrogen-bond acceptors (Lipinski definition) is 6. The molecule has 1 aliphatic carbocycles. The van der Waals surface area contributed by atoms with Gasteiger partial charge in [-0.25, -0.2) is 0 Å². The predicted molar refractivity (Wildman–Crippen MR) is 163 cm³/mol. The van der Waals surface area contributed by atoms with Crippen molar-refractivity contribution in [3.63, 3.8) is 0 Å². The fourth-order valence-electron chi connectivity index (χ4n) is 6.33. The zero-order valence-electron chi connectivity index (χ0n) is 24.3. The number of nitrogens with one attached hydrogen (secondary N) is 2. The lowest BCUT2D eigenvalue weighted by Crippen LogP contribution is -2.51. The van der Waals surface area contributed by atoms with Gasteiger partial charge in [0.2, 0.25) is 0 Å². The Balaban J connectivity index is 1.44. The highest BCUT2D eigenvalue weighted by atomic mass is 35.5. The summed E-state index contributed by atoms with van der Waals surface area (Å²) in [7, 11) is 0. The Bertz CT molecular complexity index is 1370. The predicted octanol–water partition coefficient (Wildman–Crippen LogP) is 6.90. The van der Waals surface area contributed by atoms with Crippen molar-refractivity contribution >= 4 is 34.8 Å². The van der Waals surface area contributed by atoms with Gasteiger partial charge in [0.05, 0.1) is 22.6 Å². The Hall–Kier alpha value is -2.81. The van der Waals surface area contributed by atoms with E-state index in [1.54, 1.807) is 12.1 Å². The van der Waals surface area contributed by atoms with Crippen LogP contribution in [0.15, 0.2) is 47.5 Å². The average molecular weight is 597 g/mol. The number of carbonyl (C=O) groups is 1. The number of H-pyrrole nitrogens is 1. The monoisotopic (exact) mass is 595 g/mol. The lowest BCUT2D eigenvalue weighted by molar-refractivity contribution is -0.133. The lowest BCUT2D eigenvalue weighted by Gasteiger charge is -2.47. The van der Waals surface area contributed by atoms with Gasteiger partial charge in [0.15, 0.2) is 5.82 Å². The Morgan fingerprint density at radius 3 is 2.41 bits per heavy atom. The summed E-state index contributed by atoms with van der Waals surface area (Å²) in [6.45, 7) is 10.3. The molecule has 0 bridgehead atoms. The third-order valence-electron chi connectivity index (χ3n) is 8.63. The van der Waals surface area contributed by atoms with Crippen molar-refractivity contribution in [3.05, 3.63) is 75.0 Å². The molecule has 1 aromatic heterocycles. The van der Waals surface area contributed by atoms with Crippen LogP contribution < -0.4 is 5.32 Å². The van der Waals surface area contributed by atoms with Crippen LogP contribution in [-0.2, 0) is 17.9 Å². The molecule has 5 rings (SSSR count). The summed E-state index contributed by atoms with van der Waals surface area (Å²) >= 11 is 12.6. The first-order valence-corrected chi connectivity index (χ1v) is 15.3. The van der Waals surface area contributed by atoms with Gasteiger partial charge in [0, 0.05) is 12.1 Å². The molecule has 8 nitrogen and oxygen atoms in total. The van der Waals surface area contributed by atoms with Crippen LogP contribution in [0.2, 0.25) is 10.0 Å². The molecule has 1 amide bonds. The molecule has 1 fully saturated rings. The van der Waals surface area contributed by atoms with E-state index in [2.05, 4.69) is 82.8 Å². The molecule has 1 saturated carbocycles. The first-order valence-electron chi connectivity index (χ1n) is 14.5. The van der Waals surface area contributed by atoms with Crippen LogP contribution >= 0.6 is 23.2 Å². The standard InChI is InChI=1S/C31H39Cl2N7O/c1-5-6-26(21-9-7-20(8-10-21)18-34-19-27-36-38-39-37-27)40-29(41)28(22-11-12-24(32)25(33)17-22)35-31(40)15-13-23(14-16-31)30(2,3)4/h7-12,17,23,26,34H,5-6,13-16,18-19H2,1-4H3,(H,36,37,38,39). The van der Waals surface area contributed by atoms with Crippen molar-refractivity contribution in [1.82, 2.24) is 30.8 Å². The topological polar surface area (TPSA) is 99.2 Å². The maximum absolute atomic E-state index is 14.4. The molecule has 1 spiro atoms. The summed E-state index contributed by atoms with van der Waals surface area (Å²) in [6.07, 6.45) is 5.58. The largest absolute Gasteiger partial charge is 0.306 e. The van der Waals surface area contributed by atoms with Gasteiger partial charge < -0.3 is 10.2 Å². The number of aliphatic imine (C=N–C) groups is 1. The van der Waals surface area contributed by atoms with Gasteiger partial charge in [-0.05, 0) is 66.7 Å². The highest BCUT2D eigenvalue weighted by Crippen LogP contribution is 2.50. The fraction of sp³-hybridized carbons (Fsp3) is 0.516. The number of aromatic amines is 1. The molecule has 2 heterocycles. The second-order valence-electron chi connectivity index (χ2n) is 12.4. The van der Waals surface area contributed by atoms with E-state index in [0.717, 1.165) is 55.2 Å². The fourth-order valence-corrected chi connectivity index (χ4v) is 6.62. The second-order valence-corrected chi connectivity index (χ2v) is 13.2. The maximum Gasteiger partial charge on any atom is 0.275 e. The molecule has 2 aliphatic rings. The van der Waals surface area contributed by atoms with E-state index in [1.165, 1.54) is 0 Å². The van der Waals surface area contributed by atoms with E-state index in [-0.39, 0.29) is 17.4 Å². The van der Waals surface area contributed by atoms with E-state index in [0.29, 0.717) is 40.6 Å². The van der Waals surface area contributed by atoms with Crippen molar-refractivity contribution in [2.24, 2.45) is 16.3 Å². The number of carbonyl (C=O) groups excluding carboxylic acids is 1. The number of hydrogen-bond donors (Lipinski definition) is 2. The van der Waals surface area contributed by atoms with E-state index in [9.17, 15) is 4.79 Å². The number of benzene rings is 2. The minimum atomic E-state index is -0.565. The summed E-state index contributed by atoms with van der Waals surface area (Å²) in [6, 6.07) is 13.9. The molecule has 1 atom stereocenters. The number of halogens is 2. The van der Waals surface area contributed by atoms with Gasteiger partial charge in [-0.1, -0.05) is 92.9 Å². The molecule has 3 aromatic rings. The minimum Gasteiger partial charge on any atom is -0.306 e. The molecule has 0 radical (unpaired) electrons. The molecule has 0 saturated heterocycles. The number of rotatable bonds is 9. The van der Waals surface area contributed by atoms with E-state index in [1.807, 2.05) is 6.07 Å². The Kier molecular flexibility index (Phi) is 8.83. The smallest absolute Gasteiger partial charge is 0.275 e. The normalized spacial score (nSPS) is 21.9. The highest BCUT2D eigenvalue weighted by Gasteiger charge is 2.52. The molecular weight excluding hydrogens is 557 g/mol. The number of aromatic nitrogens is 4. The quantitative estimate of drug-likeness (QED) is 0.280. The maximum atomic E-state index is 14.4. The van der Waals surface area contributed by atoms with Crippen molar-refractivity contribution in [2.45, 2.75) is 91.0 Å². The average Bonchev–Trinajstić information content (AvgIpc) is 3.56. The first kappa shape index (κ1) is 29.7. The van der Waals surface area contributed by atoms with Crippen LogP contribution in [0.4, 0.5) is 0 Å². The number of tetrazole rings is 1. The van der Waals surface area contributed by atoms with Crippen molar-refractivity contribution in [3.8, 4) is 0 Å². The summed E-state index contributed by atoms with van der Waals surface area (Å²) in [5.74, 6) is 1.20. The van der Waals surface area contributed by atoms with Gasteiger partial charge in [-0.3, -0.25) is 9.79 Å². The van der Waals surface area contributed by atoms with Crippen LogP contribution in [0.1, 0.15) is 94.8 Å². The van der Waals surface area contributed by atoms with Crippen LogP contribution in [0.5, 0.6) is 0 Å². The summed E-state index contributed by atoms with van der Waals surface area (Å²) in [5, 5.41) is 18.3. The molecule has 2 aromatic carbocycles. The molecule has 218 valence electrons. The molecular formula is C31H39Cl2N7O. The van der Waals surface area contributed by atoms with Crippen molar-refractivity contribution < 1.29 is 4.79 Å². The third-order valence-corrected chi connectivity index (χ3v) is 9.37. The summed E-state index contributed by atoms with van der Waals surface area (Å²) in [5.41, 5.74) is 3.15. The number of nitrogens with zero attached hydrogens (tertiary/aromatic N) is 5. The summed E-state index contributed by atoms with van der Waals surface area (Å²) in [4.78, 5) is 21.7. The van der Waals surface area contributed by atoms with Crippen LogP contribution in [0, 0.1) is 11.3 Å². The van der Waals surface area contributed by atoms with Crippen LogP contribution in [0.3, 0.4) is 0 Å². The Labute approximate surface area is 252 Å². The molecule has 1 aliphatic heterocycles. The van der Waals surface area contributed by atoms with Crippen LogP contribution in [-0.4, -0.2) is 42.8 Å². The van der Waals surface area contributed by atoms with Gasteiger partial charge >= 0.3 is 0 Å². The Morgan fingerprint density at radius 2 is 1.80 bits per heavy atom. The lowest BCUT2D eigenvalue weighted by atomic mass is 9.69. The number of amides is 1. The molecule has 41 heavy (non-hydrogen) atoms. The second kappa shape index (κ2) is 12.2. The summed E-state index contributed by atoms with van der Waals surface area (Å²) < 4.78 is 0. The zero-order valence-corrected chi connectivity index (χ0v) is 25.8. The third kappa shape index (κ3) is 6.35. The SMILES string of the molecule is CCCC(c1ccc(CNCc2nn[nH]n2)cc1)N1C(=O)C(c2ccc(Cl)c(Cl)c2)=NC12CCC(C(C)(C)C)CC2. The van der Waals surface area contributed by atoms with Gasteiger partial charge in [-0.15, -0.1) is 10.2 Å².